The summed E-state index contributed by atoms with van der Waals surface area (Å²) in [5, 5.41) is 6.65. The molecule has 4 unspecified atom stereocenters. The summed E-state index contributed by atoms with van der Waals surface area (Å²) in [4.78, 5) is 12.1. The Bertz CT molecular complexity index is 282. The molecular weight excluding hydrogens is 200 g/mol. The van der Waals surface area contributed by atoms with Crippen molar-refractivity contribution >= 4 is 5.91 Å². The smallest absolute Gasteiger partial charge is 0.223 e. The molecule has 3 rings (SSSR count). The number of carbonyl (C=O) groups is 1. The van der Waals surface area contributed by atoms with E-state index >= 15 is 0 Å². The Morgan fingerprint density at radius 1 is 1.25 bits per heavy atom. The summed E-state index contributed by atoms with van der Waals surface area (Å²) in [5.74, 6) is 2.81. The fourth-order valence-corrected chi connectivity index (χ4v) is 3.72. The van der Waals surface area contributed by atoms with E-state index < -0.39 is 0 Å². The standard InChI is InChI=1S/C13H22N2O/c1-8-7-14-6-5-11(8)15-13(16)12-9-3-2-4-10(9)12/h8-12,14H,2-7H2,1H3,(H,15,16). The van der Waals surface area contributed by atoms with Gasteiger partial charge in [0.15, 0.2) is 0 Å². The van der Waals surface area contributed by atoms with E-state index in [1.807, 2.05) is 0 Å². The van der Waals surface area contributed by atoms with Crippen LogP contribution in [-0.4, -0.2) is 25.0 Å². The predicted octanol–water partition coefficient (Wildman–Crippen LogP) is 1.15. The van der Waals surface area contributed by atoms with Gasteiger partial charge in [-0.15, -0.1) is 0 Å². The summed E-state index contributed by atoms with van der Waals surface area (Å²) in [5.41, 5.74) is 0. The second kappa shape index (κ2) is 4.02. The van der Waals surface area contributed by atoms with Crippen LogP contribution in [0.1, 0.15) is 32.6 Å². The third-order valence-corrected chi connectivity index (χ3v) is 4.82. The van der Waals surface area contributed by atoms with Crippen molar-refractivity contribution in [1.29, 1.82) is 0 Å². The van der Waals surface area contributed by atoms with Crippen molar-refractivity contribution in [3.63, 3.8) is 0 Å². The quantitative estimate of drug-likeness (QED) is 0.736. The summed E-state index contributed by atoms with van der Waals surface area (Å²) < 4.78 is 0. The van der Waals surface area contributed by atoms with Gasteiger partial charge in [0.1, 0.15) is 0 Å². The van der Waals surface area contributed by atoms with Crippen molar-refractivity contribution in [2.75, 3.05) is 13.1 Å². The lowest BCUT2D eigenvalue weighted by molar-refractivity contribution is -0.124. The molecule has 0 aromatic heterocycles. The van der Waals surface area contributed by atoms with Gasteiger partial charge in [-0.1, -0.05) is 13.3 Å². The Morgan fingerprint density at radius 2 is 2.00 bits per heavy atom. The van der Waals surface area contributed by atoms with Crippen LogP contribution in [0.3, 0.4) is 0 Å². The Kier molecular flexibility index (Phi) is 2.66. The lowest BCUT2D eigenvalue weighted by Crippen LogP contribution is -2.49. The Labute approximate surface area is 97.4 Å². The average molecular weight is 222 g/mol. The molecule has 2 N–H and O–H groups in total. The van der Waals surface area contributed by atoms with Crippen LogP contribution in [-0.2, 0) is 4.79 Å². The van der Waals surface area contributed by atoms with Crippen LogP contribution in [0, 0.1) is 23.7 Å². The molecule has 0 radical (unpaired) electrons. The molecule has 1 amide bonds. The van der Waals surface area contributed by atoms with Gasteiger partial charge in [-0.05, 0) is 50.1 Å². The Hall–Kier alpha value is -0.570. The van der Waals surface area contributed by atoms with E-state index in [2.05, 4.69) is 17.6 Å². The van der Waals surface area contributed by atoms with E-state index in [4.69, 9.17) is 0 Å². The molecule has 16 heavy (non-hydrogen) atoms. The van der Waals surface area contributed by atoms with Gasteiger partial charge in [-0.3, -0.25) is 4.79 Å². The van der Waals surface area contributed by atoms with E-state index in [1.165, 1.54) is 19.3 Å². The zero-order valence-electron chi connectivity index (χ0n) is 10.0. The fourth-order valence-electron chi connectivity index (χ4n) is 3.72. The monoisotopic (exact) mass is 222 g/mol. The normalized spacial score (nSPS) is 46.2. The summed E-state index contributed by atoms with van der Waals surface area (Å²) in [6.45, 7) is 4.32. The fraction of sp³-hybridized carbons (Fsp3) is 0.923. The average Bonchev–Trinajstić information content (AvgIpc) is 2.76. The van der Waals surface area contributed by atoms with Gasteiger partial charge in [0.25, 0.3) is 0 Å². The van der Waals surface area contributed by atoms with E-state index in [0.29, 0.717) is 23.8 Å². The number of rotatable bonds is 2. The van der Waals surface area contributed by atoms with Crippen LogP contribution >= 0.6 is 0 Å². The first kappa shape index (κ1) is 10.6. The Balaban J connectivity index is 1.52. The molecule has 2 saturated carbocycles. The van der Waals surface area contributed by atoms with Gasteiger partial charge >= 0.3 is 0 Å². The third kappa shape index (κ3) is 1.75. The van der Waals surface area contributed by atoms with Gasteiger partial charge in [-0.25, -0.2) is 0 Å². The zero-order chi connectivity index (χ0) is 11.1. The van der Waals surface area contributed by atoms with Crippen LogP contribution < -0.4 is 10.6 Å². The minimum atomic E-state index is 0.355. The molecule has 1 aliphatic heterocycles. The highest BCUT2D eigenvalue weighted by Gasteiger charge is 2.56. The minimum Gasteiger partial charge on any atom is -0.353 e. The molecule has 3 heteroatoms. The highest BCUT2D eigenvalue weighted by Crippen LogP contribution is 2.57. The van der Waals surface area contributed by atoms with Crippen molar-refractivity contribution in [3.8, 4) is 0 Å². The van der Waals surface area contributed by atoms with Crippen molar-refractivity contribution in [2.24, 2.45) is 23.7 Å². The molecule has 0 bridgehead atoms. The maximum absolute atomic E-state index is 12.1. The Morgan fingerprint density at radius 3 is 2.69 bits per heavy atom. The largest absolute Gasteiger partial charge is 0.353 e. The van der Waals surface area contributed by atoms with Crippen molar-refractivity contribution in [1.82, 2.24) is 10.6 Å². The van der Waals surface area contributed by atoms with E-state index in [0.717, 1.165) is 31.3 Å². The lowest BCUT2D eigenvalue weighted by atomic mass is 9.95. The van der Waals surface area contributed by atoms with Crippen molar-refractivity contribution in [3.05, 3.63) is 0 Å². The SMILES string of the molecule is CC1CNCCC1NC(=O)C1C2CCCC21. The summed E-state index contributed by atoms with van der Waals surface area (Å²) in [6, 6.07) is 0.412. The zero-order valence-corrected chi connectivity index (χ0v) is 10.0. The van der Waals surface area contributed by atoms with Gasteiger partial charge in [0.05, 0.1) is 0 Å². The number of hydrogen-bond donors (Lipinski definition) is 2. The number of amides is 1. The molecule has 3 fully saturated rings. The van der Waals surface area contributed by atoms with Crippen LogP contribution in [0.5, 0.6) is 0 Å². The highest BCUT2D eigenvalue weighted by atomic mass is 16.2. The van der Waals surface area contributed by atoms with Crippen LogP contribution in [0.2, 0.25) is 0 Å². The first-order valence-corrected chi connectivity index (χ1v) is 6.78. The highest BCUT2D eigenvalue weighted by molar-refractivity contribution is 5.82. The predicted molar refractivity (Wildman–Crippen MR) is 62.9 cm³/mol. The second-order valence-electron chi connectivity index (χ2n) is 5.87. The number of fused-ring (bicyclic) bond motifs is 1. The second-order valence-corrected chi connectivity index (χ2v) is 5.87. The van der Waals surface area contributed by atoms with E-state index in [-0.39, 0.29) is 0 Å². The molecule has 1 heterocycles. The van der Waals surface area contributed by atoms with Crippen LogP contribution in [0.4, 0.5) is 0 Å². The summed E-state index contributed by atoms with van der Waals surface area (Å²) in [6.07, 6.45) is 5.03. The molecule has 4 atom stereocenters. The van der Waals surface area contributed by atoms with E-state index in [9.17, 15) is 4.79 Å². The molecule has 3 nitrogen and oxygen atoms in total. The number of nitrogens with one attached hydrogen (secondary N) is 2. The van der Waals surface area contributed by atoms with Gasteiger partial charge in [0, 0.05) is 12.0 Å². The first-order chi connectivity index (χ1) is 7.77. The van der Waals surface area contributed by atoms with Gasteiger partial charge in [0.2, 0.25) is 5.91 Å². The van der Waals surface area contributed by atoms with Crippen LogP contribution in [0.25, 0.3) is 0 Å². The maximum atomic E-state index is 12.1. The first-order valence-electron chi connectivity index (χ1n) is 6.78. The molecule has 90 valence electrons. The number of hydrogen-bond acceptors (Lipinski definition) is 2. The molecule has 1 saturated heterocycles. The molecule has 0 aromatic carbocycles. The van der Waals surface area contributed by atoms with E-state index in [1.54, 1.807) is 0 Å². The number of carbonyl (C=O) groups excluding carboxylic acids is 1. The molecule has 3 aliphatic rings. The topological polar surface area (TPSA) is 41.1 Å². The minimum absolute atomic E-state index is 0.355. The van der Waals surface area contributed by atoms with Crippen LogP contribution in [0.15, 0.2) is 0 Å². The van der Waals surface area contributed by atoms with Gasteiger partial charge in [-0.2, -0.15) is 0 Å². The van der Waals surface area contributed by atoms with Gasteiger partial charge < -0.3 is 10.6 Å². The van der Waals surface area contributed by atoms with Crippen molar-refractivity contribution < 1.29 is 4.79 Å². The molecule has 0 aromatic rings. The van der Waals surface area contributed by atoms with Crippen molar-refractivity contribution in [2.45, 2.75) is 38.6 Å². The lowest BCUT2D eigenvalue weighted by Gasteiger charge is -2.30. The molecular formula is C13H22N2O. The molecule has 0 spiro atoms. The number of piperidine rings is 1. The summed E-state index contributed by atoms with van der Waals surface area (Å²) in [7, 11) is 0. The third-order valence-electron chi connectivity index (χ3n) is 4.82. The molecule has 2 aliphatic carbocycles. The maximum Gasteiger partial charge on any atom is 0.223 e. The summed E-state index contributed by atoms with van der Waals surface area (Å²) >= 11 is 0.